The fourth-order valence-electron chi connectivity index (χ4n) is 2.15. The second-order valence-corrected chi connectivity index (χ2v) is 5.01. The minimum atomic E-state index is -0.866. The molecule has 0 spiro atoms. The largest absolute Gasteiger partial charge is 0.447 e. The molecule has 0 aliphatic heterocycles. The summed E-state index contributed by atoms with van der Waals surface area (Å²) in [5, 5.41) is 13.1. The lowest BCUT2D eigenvalue weighted by Crippen LogP contribution is -1.99. The van der Waals surface area contributed by atoms with E-state index in [0.717, 1.165) is 16.3 Å². The topological polar surface area (TPSA) is 33.4 Å². The third-order valence-corrected chi connectivity index (χ3v) is 3.60. The second-order valence-electron chi connectivity index (χ2n) is 4.23. The highest BCUT2D eigenvalue weighted by molar-refractivity contribution is 6.35. The predicted octanol–water partition coefficient (Wildman–Crippen LogP) is 4.82. The van der Waals surface area contributed by atoms with E-state index in [1.807, 2.05) is 24.3 Å². The number of furan rings is 1. The molecule has 0 saturated carbocycles. The number of aliphatic hydroxyl groups is 1. The van der Waals surface area contributed by atoms with Gasteiger partial charge in [0.2, 0.25) is 0 Å². The third kappa shape index (κ3) is 2.23. The molecule has 0 amide bonds. The SMILES string of the molecule is OC(c1ccc(Cl)o1)c1ccc(Cl)c2ccccc12. The zero-order valence-corrected chi connectivity index (χ0v) is 11.3. The first kappa shape index (κ1) is 12.5. The smallest absolute Gasteiger partial charge is 0.193 e. The maximum atomic E-state index is 10.4. The quantitative estimate of drug-likeness (QED) is 0.734. The van der Waals surface area contributed by atoms with Crippen LogP contribution in [0.25, 0.3) is 10.8 Å². The first-order valence-corrected chi connectivity index (χ1v) is 6.53. The molecular weight excluding hydrogens is 283 g/mol. The van der Waals surface area contributed by atoms with Gasteiger partial charge in [-0.3, -0.25) is 0 Å². The number of rotatable bonds is 2. The predicted molar refractivity (Wildman–Crippen MR) is 76.7 cm³/mol. The Labute approximate surface area is 120 Å². The van der Waals surface area contributed by atoms with E-state index in [2.05, 4.69) is 0 Å². The fourth-order valence-corrected chi connectivity index (χ4v) is 2.53. The average Bonchev–Trinajstić information content (AvgIpc) is 2.86. The molecule has 0 saturated heterocycles. The number of benzene rings is 2. The van der Waals surface area contributed by atoms with Crippen molar-refractivity contribution >= 4 is 34.0 Å². The highest BCUT2D eigenvalue weighted by Gasteiger charge is 2.17. The number of hydrogen-bond acceptors (Lipinski definition) is 2. The van der Waals surface area contributed by atoms with Crippen LogP contribution in [-0.2, 0) is 0 Å². The van der Waals surface area contributed by atoms with Crippen molar-refractivity contribution in [2.24, 2.45) is 0 Å². The van der Waals surface area contributed by atoms with Gasteiger partial charge in [-0.15, -0.1) is 0 Å². The Morgan fingerprint density at radius 3 is 2.32 bits per heavy atom. The van der Waals surface area contributed by atoms with E-state index in [1.54, 1.807) is 24.3 Å². The van der Waals surface area contributed by atoms with Gasteiger partial charge in [-0.2, -0.15) is 0 Å². The molecule has 0 radical (unpaired) electrons. The highest BCUT2D eigenvalue weighted by atomic mass is 35.5. The molecule has 2 aromatic carbocycles. The van der Waals surface area contributed by atoms with Gasteiger partial charge in [0.1, 0.15) is 11.9 Å². The van der Waals surface area contributed by atoms with E-state index in [0.29, 0.717) is 10.8 Å². The molecule has 3 rings (SSSR count). The summed E-state index contributed by atoms with van der Waals surface area (Å²) in [5.74, 6) is 0.414. The number of fused-ring (bicyclic) bond motifs is 1. The van der Waals surface area contributed by atoms with Gasteiger partial charge in [-0.05, 0) is 40.7 Å². The van der Waals surface area contributed by atoms with Crippen LogP contribution in [0.5, 0.6) is 0 Å². The molecule has 1 heterocycles. The monoisotopic (exact) mass is 292 g/mol. The van der Waals surface area contributed by atoms with Crippen molar-refractivity contribution in [2.45, 2.75) is 6.10 Å². The first-order chi connectivity index (χ1) is 9.16. The van der Waals surface area contributed by atoms with Crippen LogP contribution >= 0.6 is 23.2 Å². The second kappa shape index (κ2) is 4.89. The number of aliphatic hydroxyl groups excluding tert-OH is 1. The Bertz CT molecular complexity index is 734. The number of hydrogen-bond donors (Lipinski definition) is 1. The van der Waals surface area contributed by atoms with Crippen LogP contribution in [0.4, 0.5) is 0 Å². The zero-order valence-electron chi connectivity index (χ0n) is 9.81. The minimum Gasteiger partial charge on any atom is -0.447 e. The van der Waals surface area contributed by atoms with Gasteiger partial charge in [0.05, 0.1) is 0 Å². The Balaban J connectivity index is 2.18. The summed E-state index contributed by atoms with van der Waals surface area (Å²) in [6, 6.07) is 14.5. The molecule has 0 bridgehead atoms. The van der Waals surface area contributed by atoms with Crippen molar-refractivity contribution in [1.29, 1.82) is 0 Å². The molecule has 0 aliphatic rings. The Hall–Kier alpha value is -1.48. The van der Waals surface area contributed by atoms with Gasteiger partial charge >= 0.3 is 0 Å². The molecule has 1 aromatic heterocycles. The van der Waals surface area contributed by atoms with Crippen molar-refractivity contribution in [3.8, 4) is 0 Å². The lowest BCUT2D eigenvalue weighted by Gasteiger charge is -2.12. The summed E-state index contributed by atoms with van der Waals surface area (Å²) >= 11 is 11.9. The molecular formula is C15H10Cl2O2. The van der Waals surface area contributed by atoms with Gasteiger partial charge in [0, 0.05) is 10.4 Å². The first-order valence-electron chi connectivity index (χ1n) is 5.77. The van der Waals surface area contributed by atoms with Crippen LogP contribution in [0.15, 0.2) is 52.9 Å². The summed E-state index contributed by atoms with van der Waals surface area (Å²) in [6.45, 7) is 0. The molecule has 96 valence electrons. The Kier molecular flexibility index (Phi) is 3.23. The van der Waals surface area contributed by atoms with E-state index in [-0.39, 0.29) is 5.22 Å². The normalized spacial score (nSPS) is 12.8. The fraction of sp³-hybridized carbons (Fsp3) is 0.0667. The molecule has 1 atom stereocenters. The molecule has 3 aromatic rings. The van der Waals surface area contributed by atoms with Gasteiger partial charge in [0.25, 0.3) is 0 Å². The van der Waals surface area contributed by atoms with Gasteiger partial charge in [-0.1, -0.05) is 41.9 Å². The van der Waals surface area contributed by atoms with Crippen LogP contribution in [0, 0.1) is 0 Å². The van der Waals surface area contributed by atoms with Gasteiger partial charge in [0.15, 0.2) is 5.22 Å². The molecule has 1 N–H and O–H groups in total. The van der Waals surface area contributed by atoms with Gasteiger partial charge < -0.3 is 9.52 Å². The summed E-state index contributed by atoms with van der Waals surface area (Å²) in [4.78, 5) is 0. The standard InChI is InChI=1S/C15H10Cl2O2/c16-12-6-5-11(9-3-1-2-4-10(9)12)15(18)13-7-8-14(17)19-13/h1-8,15,18H. The molecule has 4 heteroatoms. The van der Waals surface area contributed by atoms with E-state index < -0.39 is 6.10 Å². The Morgan fingerprint density at radius 1 is 0.895 bits per heavy atom. The van der Waals surface area contributed by atoms with E-state index in [4.69, 9.17) is 27.6 Å². The van der Waals surface area contributed by atoms with Crippen LogP contribution in [0.2, 0.25) is 10.2 Å². The van der Waals surface area contributed by atoms with Crippen molar-refractivity contribution < 1.29 is 9.52 Å². The van der Waals surface area contributed by atoms with E-state index in [1.165, 1.54) is 0 Å². The van der Waals surface area contributed by atoms with Crippen molar-refractivity contribution in [3.05, 3.63) is 70.1 Å². The van der Waals surface area contributed by atoms with Crippen LogP contribution < -0.4 is 0 Å². The summed E-state index contributed by atoms with van der Waals surface area (Å²) in [7, 11) is 0. The van der Waals surface area contributed by atoms with Gasteiger partial charge in [-0.25, -0.2) is 0 Å². The minimum absolute atomic E-state index is 0.257. The van der Waals surface area contributed by atoms with Crippen molar-refractivity contribution in [2.75, 3.05) is 0 Å². The molecule has 19 heavy (non-hydrogen) atoms. The van der Waals surface area contributed by atoms with Crippen LogP contribution in [0.1, 0.15) is 17.4 Å². The van der Waals surface area contributed by atoms with E-state index >= 15 is 0 Å². The van der Waals surface area contributed by atoms with Crippen LogP contribution in [0.3, 0.4) is 0 Å². The van der Waals surface area contributed by atoms with Crippen molar-refractivity contribution in [3.63, 3.8) is 0 Å². The summed E-state index contributed by atoms with van der Waals surface area (Å²) < 4.78 is 5.26. The number of halogens is 2. The van der Waals surface area contributed by atoms with Crippen LogP contribution in [-0.4, -0.2) is 5.11 Å². The third-order valence-electron chi connectivity index (χ3n) is 3.06. The summed E-state index contributed by atoms with van der Waals surface area (Å²) in [5.41, 5.74) is 0.742. The molecule has 0 fully saturated rings. The van der Waals surface area contributed by atoms with Crippen molar-refractivity contribution in [1.82, 2.24) is 0 Å². The lowest BCUT2D eigenvalue weighted by atomic mass is 9.99. The lowest BCUT2D eigenvalue weighted by molar-refractivity contribution is 0.191. The average molecular weight is 293 g/mol. The zero-order chi connectivity index (χ0) is 13.4. The highest BCUT2D eigenvalue weighted by Crippen LogP contribution is 2.33. The molecule has 2 nitrogen and oxygen atoms in total. The molecule has 1 unspecified atom stereocenters. The summed E-state index contributed by atoms with van der Waals surface area (Å²) in [6.07, 6.45) is -0.866. The maximum absolute atomic E-state index is 10.4. The van der Waals surface area contributed by atoms with E-state index in [9.17, 15) is 5.11 Å². The maximum Gasteiger partial charge on any atom is 0.193 e. The Morgan fingerprint density at radius 2 is 1.63 bits per heavy atom. The molecule has 0 aliphatic carbocycles.